The first-order valence-electron chi connectivity index (χ1n) is 11.8. The minimum absolute atomic E-state index is 0.0207. The highest BCUT2D eigenvalue weighted by Gasteiger charge is 2.23. The number of amides is 1. The molecule has 0 aliphatic rings. The number of carbonyl (C=O) groups excluding carboxylic acids is 1. The molecule has 0 saturated heterocycles. The van der Waals surface area contributed by atoms with Crippen LogP contribution in [0.1, 0.15) is 67.3 Å². The van der Waals surface area contributed by atoms with E-state index in [2.05, 4.69) is 26.3 Å². The zero-order valence-electron chi connectivity index (χ0n) is 20.3. The van der Waals surface area contributed by atoms with E-state index in [9.17, 15) is 4.79 Å². The van der Waals surface area contributed by atoms with Crippen molar-refractivity contribution in [2.24, 2.45) is 0 Å². The van der Waals surface area contributed by atoms with Gasteiger partial charge in [-0.1, -0.05) is 62.8 Å². The maximum absolute atomic E-state index is 13.4. The van der Waals surface area contributed by atoms with Crippen LogP contribution in [0.4, 0.5) is 0 Å². The number of unbranched alkanes of at least 4 members (excludes halogenated alkanes) is 4. The third-order valence-corrected chi connectivity index (χ3v) is 6.51. The minimum Gasteiger partial charge on any atom is -0.513 e. The number of carbonyl (C=O) groups is 1. The number of aliphatic hydroxyl groups excluding tert-OH is 1. The van der Waals surface area contributed by atoms with Crippen LogP contribution in [0.3, 0.4) is 0 Å². The summed E-state index contributed by atoms with van der Waals surface area (Å²) >= 11 is 1.64. The van der Waals surface area contributed by atoms with E-state index in [1.54, 1.807) is 22.7 Å². The molecule has 0 aliphatic carbocycles. The fraction of sp³-hybridized carbons (Fsp3) is 0.464. The quantitative estimate of drug-likeness (QED) is 0.0985. The molecule has 1 aromatic carbocycles. The van der Waals surface area contributed by atoms with E-state index in [-0.39, 0.29) is 17.7 Å². The van der Waals surface area contributed by atoms with Gasteiger partial charge >= 0.3 is 0 Å². The number of ether oxygens (including phenoxy) is 1. The molecule has 1 aromatic rings. The Hall–Kier alpha value is -2.24. The lowest BCUT2D eigenvalue weighted by Gasteiger charge is -2.27. The molecule has 0 saturated carbocycles. The first-order valence-corrected chi connectivity index (χ1v) is 12.8. The molecule has 5 heteroatoms. The third-order valence-electron chi connectivity index (χ3n) is 5.49. The number of likely N-dealkylation sites (N-methyl/N-ethyl adjacent to an activating group) is 1. The van der Waals surface area contributed by atoms with Crippen LogP contribution >= 0.6 is 11.8 Å². The van der Waals surface area contributed by atoms with Crippen LogP contribution in [0.15, 0.2) is 67.3 Å². The molecule has 0 radical (unpaired) electrons. The van der Waals surface area contributed by atoms with Crippen LogP contribution < -0.4 is 0 Å². The Bertz CT molecular complexity index is 774. The Morgan fingerprint density at radius 2 is 1.88 bits per heavy atom. The van der Waals surface area contributed by atoms with Gasteiger partial charge in [0.25, 0.3) is 5.91 Å². The number of rotatable bonds is 19. The molecule has 1 N–H and O–H groups in total. The summed E-state index contributed by atoms with van der Waals surface area (Å²) in [6.07, 6.45) is 13.2. The summed E-state index contributed by atoms with van der Waals surface area (Å²) in [6.45, 7) is 16.5. The van der Waals surface area contributed by atoms with Crippen LogP contribution in [-0.2, 0) is 4.74 Å². The van der Waals surface area contributed by atoms with Gasteiger partial charge in [0.05, 0.1) is 17.9 Å². The maximum Gasteiger partial charge on any atom is 0.255 e. The molecule has 1 unspecified atom stereocenters. The molecule has 0 aliphatic heterocycles. The van der Waals surface area contributed by atoms with Crippen LogP contribution in [0.5, 0.6) is 0 Å². The molecule has 0 heterocycles. The molecular formula is C28H41NO3S. The number of nitrogens with zero attached hydrogens (tertiary/aromatic N) is 1. The topological polar surface area (TPSA) is 49.8 Å². The number of allylic oxidation sites excluding steroid dienone is 2. The highest BCUT2D eigenvalue weighted by molar-refractivity contribution is 7.99. The second-order valence-electron chi connectivity index (χ2n) is 8.05. The van der Waals surface area contributed by atoms with E-state index in [1.807, 2.05) is 37.4 Å². The lowest BCUT2D eigenvalue weighted by atomic mass is 10.0. The van der Waals surface area contributed by atoms with E-state index in [1.165, 1.54) is 0 Å². The molecule has 1 rings (SSSR count). The summed E-state index contributed by atoms with van der Waals surface area (Å²) in [6, 6.07) is 5.84. The Balaban J connectivity index is 2.54. The number of benzene rings is 1. The maximum atomic E-state index is 13.4. The predicted molar refractivity (Wildman–Crippen MR) is 143 cm³/mol. The summed E-state index contributed by atoms with van der Waals surface area (Å²) in [7, 11) is 1.83. The first-order chi connectivity index (χ1) is 16.0. The monoisotopic (exact) mass is 471 g/mol. The van der Waals surface area contributed by atoms with Gasteiger partial charge in [-0.05, 0) is 37.3 Å². The fourth-order valence-electron chi connectivity index (χ4n) is 3.53. The molecule has 33 heavy (non-hydrogen) atoms. The summed E-state index contributed by atoms with van der Waals surface area (Å²) in [5.74, 6) is 1.04. The van der Waals surface area contributed by atoms with Crippen LogP contribution in [0.25, 0.3) is 6.08 Å². The fourth-order valence-corrected chi connectivity index (χ4v) is 4.47. The molecule has 0 fully saturated rings. The largest absolute Gasteiger partial charge is 0.513 e. The number of hydrogen-bond donors (Lipinski definition) is 1. The standard InChI is InChI=1S/C28H41NO3S/c1-6-9-18-25(8-3)29(5)28(31)27-24(7-2)17-15-19-26(27)33-22-21-32-20-14-12-10-11-13-16-23(4)30/h6-8,15,17,19,25,30H,1-4,9-14,16,18,20-22H2,5H3. The minimum atomic E-state index is -0.0444. The molecule has 4 nitrogen and oxygen atoms in total. The van der Waals surface area contributed by atoms with Crippen molar-refractivity contribution in [2.75, 3.05) is 26.0 Å². The van der Waals surface area contributed by atoms with Crippen molar-refractivity contribution >= 4 is 23.7 Å². The lowest BCUT2D eigenvalue weighted by Crippen LogP contribution is -2.36. The van der Waals surface area contributed by atoms with Crippen molar-refractivity contribution in [3.8, 4) is 0 Å². The van der Waals surface area contributed by atoms with Crippen LogP contribution in [-0.4, -0.2) is 48.0 Å². The smallest absolute Gasteiger partial charge is 0.255 e. The average Bonchev–Trinajstić information content (AvgIpc) is 2.81. The van der Waals surface area contributed by atoms with Gasteiger partial charge in [-0.2, -0.15) is 0 Å². The van der Waals surface area contributed by atoms with Gasteiger partial charge in [0.15, 0.2) is 0 Å². The summed E-state index contributed by atoms with van der Waals surface area (Å²) in [4.78, 5) is 16.1. The Kier molecular flexibility index (Phi) is 15.1. The summed E-state index contributed by atoms with van der Waals surface area (Å²) < 4.78 is 5.79. The van der Waals surface area contributed by atoms with Crippen LogP contribution in [0, 0.1) is 0 Å². The van der Waals surface area contributed by atoms with E-state index in [0.717, 1.165) is 67.8 Å². The Morgan fingerprint density at radius 1 is 1.15 bits per heavy atom. The normalized spacial score (nSPS) is 11.5. The van der Waals surface area contributed by atoms with Gasteiger partial charge in [0, 0.05) is 36.8 Å². The number of thioether (sulfide) groups is 1. The molecule has 0 aromatic heterocycles. The Morgan fingerprint density at radius 3 is 2.55 bits per heavy atom. The van der Waals surface area contributed by atoms with Gasteiger partial charge in [0.1, 0.15) is 0 Å². The first kappa shape index (κ1) is 28.8. The van der Waals surface area contributed by atoms with E-state index >= 15 is 0 Å². The van der Waals surface area contributed by atoms with Crippen LogP contribution in [0.2, 0.25) is 0 Å². The Labute approximate surface area is 205 Å². The number of hydrogen-bond acceptors (Lipinski definition) is 4. The van der Waals surface area contributed by atoms with Crippen molar-refractivity contribution in [2.45, 2.75) is 62.3 Å². The molecule has 1 atom stereocenters. The SMILES string of the molecule is C=CCCC(C=C)N(C)C(=O)c1c(C=C)cccc1SCCOCCCCCCCC(=C)O. The predicted octanol–water partition coefficient (Wildman–Crippen LogP) is 7.44. The molecule has 1 amide bonds. The van der Waals surface area contributed by atoms with E-state index in [4.69, 9.17) is 9.84 Å². The second kappa shape index (κ2) is 17.3. The zero-order chi connectivity index (χ0) is 24.5. The molecule has 0 bridgehead atoms. The van der Waals surface area contributed by atoms with Crippen molar-refractivity contribution in [3.05, 3.63) is 73.6 Å². The van der Waals surface area contributed by atoms with Crippen molar-refractivity contribution < 1.29 is 14.6 Å². The second-order valence-corrected chi connectivity index (χ2v) is 9.19. The van der Waals surface area contributed by atoms with Crippen molar-refractivity contribution in [1.82, 2.24) is 4.90 Å². The molecule has 182 valence electrons. The number of aliphatic hydroxyl groups is 1. The zero-order valence-corrected chi connectivity index (χ0v) is 21.1. The van der Waals surface area contributed by atoms with Crippen molar-refractivity contribution in [1.29, 1.82) is 0 Å². The van der Waals surface area contributed by atoms with E-state index < -0.39 is 0 Å². The summed E-state index contributed by atoms with van der Waals surface area (Å²) in [5, 5.41) is 9.08. The lowest BCUT2D eigenvalue weighted by molar-refractivity contribution is 0.0752. The average molecular weight is 472 g/mol. The molecular weight excluding hydrogens is 430 g/mol. The van der Waals surface area contributed by atoms with Gasteiger partial charge in [-0.3, -0.25) is 4.79 Å². The van der Waals surface area contributed by atoms with Gasteiger partial charge in [-0.25, -0.2) is 0 Å². The van der Waals surface area contributed by atoms with Gasteiger partial charge < -0.3 is 14.7 Å². The summed E-state index contributed by atoms with van der Waals surface area (Å²) in [5.41, 5.74) is 1.53. The van der Waals surface area contributed by atoms with E-state index in [0.29, 0.717) is 18.6 Å². The highest BCUT2D eigenvalue weighted by Crippen LogP contribution is 2.28. The molecule has 0 spiro atoms. The third kappa shape index (κ3) is 11.0. The van der Waals surface area contributed by atoms with Crippen molar-refractivity contribution in [3.63, 3.8) is 0 Å². The van der Waals surface area contributed by atoms with Gasteiger partial charge in [0.2, 0.25) is 0 Å². The highest BCUT2D eigenvalue weighted by atomic mass is 32.2. The van der Waals surface area contributed by atoms with Gasteiger partial charge in [-0.15, -0.1) is 24.9 Å².